The Bertz CT molecular complexity index is 481. The number of nitrogens with two attached hydrogens (primary N) is 1. The number of benzene rings is 1. The molecule has 0 amide bonds. The highest BCUT2D eigenvalue weighted by Crippen LogP contribution is 2.20. The average Bonchev–Trinajstić information content (AvgIpc) is 2.46. The van der Waals surface area contributed by atoms with Crippen LogP contribution in [0.25, 0.3) is 0 Å². The SMILES string of the molecule is COc1ccc(/C(N)=N/O)cc1CNCC(F)(F)CO. The molecule has 0 unspecified atom stereocenters. The number of nitrogens with zero attached hydrogens (tertiary/aromatic N) is 1. The third-order valence-electron chi connectivity index (χ3n) is 2.61. The van der Waals surface area contributed by atoms with Gasteiger partial charge in [-0.2, -0.15) is 0 Å². The Balaban J connectivity index is 2.81. The summed E-state index contributed by atoms with van der Waals surface area (Å²) in [6.07, 6.45) is 0. The summed E-state index contributed by atoms with van der Waals surface area (Å²) in [5.41, 5.74) is 6.48. The predicted octanol–water partition coefficient (Wildman–Crippen LogP) is 0.507. The van der Waals surface area contributed by atoms with Crippen molar-refractivity contribution in [1.29, 1.82) is 0 Å². The molecular weight excluding hydrogens is 272 g/mol. The van der Waals surface area contributed by atoms with Crippen molar-refractivity contribution in [1.82, 2.24) is 5.32 Å². The summed E-state index contributed by atoms with van der Waals surface area (Å²) in [6, 6.07) is 4.74. The molecule has 5 N–H and O–H groups in total. The number of rotatable bonds is 7. The fourth-order valence-corrected chi connectivity index (χ4v) is 1.57. The topological polar surface area (TPSA) is 100 Å². The van der Waals surface area contributed by atoms with Crippen LogP contribution in [0.3, 0.4) is 0 Å². The Kier molecular flexibility index (Phi) is 5.66. The van der Waals surface area contributed by atoms with Crippen LogP contribution in [0, 0.1) is 0 Å². The second-order valence-electron chi connectivity index (χ2n) is 4.13. The summed E-state index contributed by atoms with van der Waals surface area (Å²) in [4.78, 5) is 0. The standard InChI is InChI=1S/C12H17F2N3O3/c1-20-10-3-2-8(11(15)17-19)4-9(10)5-16-6-12(13,14)7-18/h2-4,16,18-19H,5-7H2,1H3,(H2,15,17). The predicted molar refractivity (Wildman–Crippen MR) is 69.2 cm³/mol. The van der Waals surface area contributed by atoms with Crippen molar-refractivity contribution >= 4 is 5.84 Å². The van der Waals surface area contributed by atoms with Gasteiger partial charge in [-0.1, -0.05) is 5.16 Å². The number of nitrogens with one attached hydrogen (secondary N) is 1. The van der Waals surface area contributed by atoms with Crippen molar-refractivity contribution in [2.75, 3.05) is 20.3 Å². The normalized spacial score (nSPS) is 12.5. The van der Waals surface area contributed by atoms with Crippen molar-refractivity contribution in [3.8, 4) is 5.75 Å². The number of halogens is 2. The lowest BCUT2D eigenvalue weighted by molar-refractivity contribution is -0.0478. The van der Waals surface area contributed by atoms with Gasteiger partial charge in [-0.25, -0.2) is 8.78 Å². The van der Waals surface area contributed by atoms with Crippen molar-refractivity contribution in [2.24, 2.45) is 10.9 Å². The molecule has 0 radical (unpaired) electrons. The zero-order valence-corrected chi connectivity index (χ0v) is 10.9. The molecule has 1 rings (SSSR count). The highest BCUT2D eigenvalue weighted by Gasteiger charge is 2.26. The first-order valence-electron chi connectivity index (χ1n) is 5.77. The van der Waals surface area contributed by atoms with Crippen molar-refractivity contribution in [3.05, 3.63) is 29.3 Å². The lowest BCUT2D eigenvalue weighted by Gasteiger charge is -2.15. The number of amidine groups is 1. The molecule has 1 aromatic rings. The maximum atomic E-state index is 12.9. The summed E-state index contributed by atoms with van der Waals surface area (Å²) >= 11 is 0. The molecule has 0 fully saturated rings. The van der Waals surface area contributed by atoms with Crippen LogP contribution >= 0.6 is 0 Å². The smallest absolute Gasteiger partial charge is 0.282 e. The molecule has 0 aliphatic heterocycles. The van der Waals surface area contributed by atoms with Crippen LogP contribution in [-0.2, 0) is 6.54 Å². The van der Waals surface area contributed by atoms with Gasteiger partial charge in [0.15, 0.2) is 5.84 Å². The third-order valence-corrected chi connectivity index (χ3v) is 2.61. The minimum absolute atomic E-state index is 0.0883. The molecule has 6 nitrogen and oxygen atoms in total. The molecule has 0 aliphatic rings. The molecule has 0 spiro atoms. The van der Waals surface area contributed by atoms with Crippen molar-refractivity contribution in [2.45, 2.75) is 12.5 Å². The maximum absolute atomic E-state index is 12.9. The molecule has 0 saturated carbocycles. The van der Waals surface area contributed by atoms with Crippen molar-refractivity contribution < 1.29 is 23.8 Å². The van der Waals surface area contributed by atoms with Gasteiger partial charge in [0.05, 0.1) is 13.7 Å². The van der Waals surface area contributed by atoms with E-state index in [2.05, 4.69) is 10.5 Å². The zero-order valence-electron chi connectivity index (χ0n) is 10.9. The molecule has 0 atom stereocenters. The number of aliphatic hydroxyl groups excluding tert-OH is 1. The molecule has 0 bridgehead atoms. The second kappa shape index (κ2) is 7.01. The maximum Gasteiger partial charge on any atom is 0.282 e. The van der Waals surface area contributed by atoms with E-state index in [9.17, 15) is 8.78 Å². The Morgan fingerprint density at radius 1 is 1.50 bits per heavy atom. The van der Waals surface area contributed by atoms with Crippen LogP contribution in [0.4, 0.5) is 8.78 Å². The molecule has 112 valence electrons. The monoisotopic (exact) mass is 289 g/mol. The Morgan fingerprint density at radius 3 is 2.75 bits per heavy atom. The number of alkyl halides is 2. The molecular formula is C12H17F2N3O3. The van der Waals surface area contributed by atoms with Gasteiger partial charge >= 0.3 is 0 Å². The number of hydrogen-bond acceptors (Lipinski definition) is 5. The summed E-state index contributed by atoms with van der Waals surface area (Å²) in [5.74, 6) is -2.79. The van der Waals surface area contributed by atoms with Gasteiger partial charge in [0.25, 0.3) is 5.92 Å². The Labute approximate surface area is 114 Å². The van der Waals surface area contributed by atoms with Crippen LogP contribution in [-0.4, -0.2) is 42.3 Å². The highest BCUT2D eigenvalue weighted by molar-refractivity contribution is 5.97. The largest absolute Gasteiger partial charge is 0.496 e. The van der Waals surface area contributed by atoms with E-state index in [1.165, 1.54) is 7.11 Å². The lowest BCUT2D eigenvalue weighted by atomic mass is 10.1. The van der Waals surface area contributed by atoms with E-state index in [4.69, 9.17) is 20.8 Å². The fraction of sp³-hybridized carbons (Fsp3) is 0.417. The third kappa shape index (κ3) is 4.32. The van der Waals surface area contributed by atoms with E-state index in [0.717, 1.165) is 0 Å². The van der Waals surface area contributed by atoms with Gasteiger partial charge < -0.3 is 26.1 Å². The van der Waals surface area contributed by atoms with Gasteiger partial charge in [0, 0.05) is 17.7 Å². The van der Waals surface area contributed by atoms with Crippen LogP contribution in [0.2, 0.25) is 0 Å². The average molecular weight is 289 g/mol. The van der Waals surface area contributed by atoms with E-state index in [1.54, 1.807) is 18.2 Å². The first-order valence-corrected chi connectivity index (χ1v) is 5.77. The summed E-state index contributed by atoms with van der Waals surface area (Å²) in [7, 11) is 1.45. The first kappa shape index (κ1) is 16.1. The summed E-state index contributed by atoms with van der Waals surface area (Å²) in [6.45, 7) is -1.80. The van der Waals surface area contributed by atoms with Gasteiger partial charge in [-0.15, -0.1) is 0 Å². The van der Waals surface area contributed by atoms with Crippen LogP contribution in [0.5, 0.6) is 5.75 Å². The summed E-state index contributed by atoms with van der Waals surface area (Å²) in [5, 5.41) is 22.5. The van der Waals surface area contributed by atoms with Crippen LogP contribution in [0.15, 0.2) is 23.4 Å². The van der Waals surface area contributed by atoms with E-state index in [-0.39, 0.29) is 12.4 Å². The molecule has 20 heavy (non-hydrogen) atoms. The summed E-state index contributed by atoms with van der Waals surface area (Å²) < 4.78 is 30.9. The minimum atomic E-state index is -3.18. The second-order valence-corrected chi connectivity index (χ2v) is 4.13. The highest BCUT2D eigenvalue weighted by atomic mass is 19.3. The molecule has 0 aromatic heterocycles. The van der Waals surface area contributed by atoms with Crippen molar-refractivity contribution in [3.63, 3.8) is 0 Å². The van der Waals surface area contributed by atoms with E-state index in [1.807, 2.05) is 0 Å². The van der Waals surface area contributed by atoms with Crippen LogP contribution in [0.1, 0.15) is 11.1 Å². The Hall–Kier alpha value is -1.93. The zero-order chi connectivity index (χ0) is 15.2. The van der Waals surface area contributed by atoms with Gasteiger partial charge in [-0.05, 0) is 18.2 Å². The van der Waals surface area contributed by atoms with E-state index in [0.29, 0.717) is 16.9 Å². The number of hydrogen-bond donors (Lipinski definition) is 4. The Morgan fingerprint density at radius 2 is 2.20 bits per heavy atom. The quantitative estimate of drug-likeness (QED) is 0.254. The number of methoxy groups -OCH3 is 1. The number of ether oxygens (including phenoxy) is 1. The molecule has 0 saturated heterocycles. The molecule has 1 aromatic carbocycles. The van der Waals surface area contributed by atoms with E-state index < -0.39 is 19.1 Å². The minimum Gasteiger partial charge on any atom is -0.496 e. The number of oxime groups is 1. The van der Waals surface area contributed by atoms with Gasteiger partial charge in [-0.3, -0.25) is 0 Å². The van der Waals surface area contributed by atoms with Gasteiger partial charge in [0.2, 0.25) is 0 Å². The van der Waals surface area contributed by atoms with Crippen LogP contribution < -0.4 is 15.8 Å². The van der Waals surface area contributed by atoms with Gasteiger partial charge in [0.1, 0.15) is 12.4 Å². The lowest BCUT2D eigenvalue weighted by Crippen LogP contribution is -2.35. The van der Waals surface area contributed by atoms with E-state index >= 15 is 0 Å². The molecule has 0 aliphatic carbocycles. The number of aliphatic hydroxyl groups is 1. The molecule has 8 heteroatoms. The fourth-order valence-electron chi connectivity index (χ4n) is 1.57. The molecule has 0 heterocycles. The first-order chi connectivity index (χ1) is 9.43.